The van der Waals surface area contributed by atoms with E-state index in [1.165, 1.54) is 5.56 Å². The second-order valence-electron chi connectivity index (χ2n) is 5.00. The van der Waals surface area contributed by atoms with E-state index >= 15 is 0 Å². The van der Waals surface area contributed by atoms with Crippen molar-refractivity contribution in [2.24, 2.45) is 5.73 Å². The van der Waals surface area contributed by atoms with E-state index in [1.807, 2.05) is 18.2 Å². The Kier molecular flexibility index (Phi) is 3.94. The van der Waals surface area contributed by atoms with Crippen LogP contribution in [-0.2, 0) is 6.42 Å². The first-order valence-corrected chi connectivity index (χ1v) is 7.95. The standard InChI is InChI=1S/C16H18N2O2S/c1-2-10-5-8-21-15(10)14(17)11-3-4-13-12(9-11)16(19)18-6-7-20-13/h3-5,8-9,14H,2,6-7,17H2,1H3,(H,18,19). The van der Waals surface area contributed by atoms with Crippen LogP contribution in [0.5, 0.6) is 5.75 Å². The van der Waals surface area contributed by atoms with Gasteiger partial charge in [0, 0.05) is 4.88 Å². The summed E-state index contributed by atoms with van der Waals surface area (Å²) in [5.41, 5.74) is 9.16. The van der Waals surface area contributed by atoms with Crippen molar-refractivity contribution in [3.63, 3.8) is 0 Å². The summed E-state index contributed by atoms with van der Waals surface area (Å²) in [7, 11) is 0. The average molecular weight is 302 g/mol. The Hall–Kier alpha value is -1.85. The van der Waals surface area contributed by atoms with E-state index in [0.717, 1.165) is 16.9 Å². The van der Waals surface area contributed by atoms with Crippen molar-refractivity contribution in [2.75, 3.05) is 13.2 Å². The van der Waals surface area contributed by atoms with Crippen LogP contribution < -0.4 is 15.8 Å². The van der Waals surface area contributed by atoms with Crippen molar-refractivity contribution in [1.82, 2.24) is 5.32 Å². The fourth-order valence-electron chi connectivity index (χ4n) is 2.53. The summed E-state index contributed by atoms with van der Waals surface area (Å²) in [5, 5.41) is 4.88. The number of carbonyl (C=O) groups is 1. The van der Waals surface area contributed by atoms with Gasteiger partial charge in [-0.1, -0.05) is 13.0 Å². The Morgan fingerprint density at radius 2 is 2.29 bits per heavy atom. The van der Waals surface area contributed by atoms with Crippen LogP contribution >= 0.6 is 11.3 Å². The Bertz CT molecular complexity index is 666. The third kappa shape index (κ3) is 2.66. The number of carbonyl (C=O) groups excluding carboxylic acids is 1. The quantitative estimate of drug-likeness (QED) is 0.915. The summed E-state index contributed by atoms with van der Waals surface area (Å²) in [6.45, 7) is 3.14. The van der Waals surface area contributed by atoms with Gasteiger partial charge in [0.15, 0.2) is 0 Å². The molecular formula is C16H18N2O2S. The zero-order valence-corrected chi connectivity index (χ0v) is 12.7. The highest BCUT2D eigenvalue weighted by molar-refractivity contribution is 7.10. The maximum atomic E-state index is 12.1. The zero-order chi connectivity index (χ0) is 14.8. The molecule has 0 radical (unpaired) electrons. The molecule has 4 nitrogen and oxygen atoms in total. The van der Waals surface area contributed by atoms with Crippen molar-refractivity contribution in [2.45, 2.75) is 19.4 Å². The van der Waals surface area contributed by atoms with Gasteiger partial charge in [-0.25, -0.2) is 0 Å². The lowest BCUT2D eigenvalue weighted by Crippen LogP contribution is -2.24. The molecule has 1 aromatic heterocycles. The molecule has 3 N–H and O–H groups in total. The van der Waals surface area contributed by atoms with Crippen LogP contribution in [0.3, 0.4) is 0 Å². The normalized spacial score (nSPS) is 15.6. The molecule has 110 valence electrons. The molecular weight excluding hydrogens is 284 g/mol. The lowest BCUT2D eigenvalue weighted by Gasteiger charge is -2.15. The maximum absolute atomic E-state index is 12.1. The number of fused-ring (bicyclic) bond motifs is 1. The molecule has 0 bridgehead atoms. The molecule has 1 aliphatic rings. The molecule has 0 saturated heterocycles. The van der Waals surface area contributed by atoms with Crippen molar-refractivity contribution in [3.05, 3.63) is 51.2 Å². The smallest absolute Gasteiger partial charge is 0.255 e. The molecule has 2 heterocycles. The van der Waals surface area contributed by atoms with Gasteiger partial charge in [0.05, 0.1) is 18.2 Å². The van der Waals surface area contributed by atoms with Crippen molar-refractivity contribution in [3.8, 4) is 5.75 Å². The number of ether oxygens (including phenoxy) is 1. The minimum atomic E-state index is -0.207. The number of rotatable bonds is 3. The Labute approximate surface area is 127 Å². The molecule has 0 spiro atoms. The minimum Gasteiger partial charge on any atom is -0.491 e. The Balaban J connectivity index is 1.98. The number of thiophene rings is 1. The van der Waals surface area contributed by atoms with E-state index in [0.29, 0.717) is 24.5 Å². The van der Waals surface area contributed by atoms with Gasteiger partial charge in [0.2, 0.25) is 0 Å². The van der Waals surface area contributed by atoms with Crippen LogP contribution in [-0.4, -0.2) is 19.1 Å². The lowest BCUT2D eigenvalue weighted by molar-refractivity contribution is 0.0957. The number of amides is 1. The predicted octanol–water partition coefficient (Wildman–Crippen LogP) is 2.48. The van der Waals surface area contributed by atoms with Gasteiger partial charge in [-0.05, 0) is 41.1 Å². The average Bonchev–Trinajstić information content (AvgIpc) is 2.91. The van der Waals surface area contributed by atoms with Crippen molar-refractivity contribution >= 4 is 17.2 Å². The molecule has 1 aliphatic heterocycles. The third-order valence-electron chi connectivity index (χ3n) is 3.70. The first-order valence-electron chi connectivity index (χ1n) is 7.07. The zero-order valence-electron chi connectivity index (χ0n) is 11.9. The molecule has 1 atom stereocenters. The molecule has 5 heteroatoms. The minimum absolute atomic E-state index is 0.0987. The highest BCUT2D eigenvalue weighted by Crippen LogP contribution is 2.31. The molecule has 0 aliphatic carbocycles. The lowest BCUT2D eigenvalue weighted by atomic mass is 9.99. The third-order valence-corrected chi connectivity index (χ3v) is 4.74. The second-order valence-corrected chi connectivity index (χ2v) is 5.95. The Morgan fingerprint density at radius 3 is 3.10 bits per heavy atom. The van der Waals surface area contributed by atoms with E-state index < -0.39 is 0 Å². The number of nitrogens with one attached hydrogen (secondary N) is 1. The highest BCUT2D eigenvalue weighted by atomic mass is 32.1. The first kappa shape index (κ1) is 14.1. The monoisotopic (exact) mass is 302 g/mol. The predicted molar refractivity (Wildman–Crippen MR) is 84.0 cm³/mol. The van der Waals surface area contributed by atoms with Crippen LogP contribution in [0.1, 0.15) is 39.3 Å². The van der Waals surface area contributed by atoms with Crippen LogP contribution in [0.15, 0.2) is 29.6 Å². The second kappa shape index (κ2) is 5.87. The molecule has 21 heavy (non-hydrogen) atoms. The summed E-state index contributed by atoms with van der Waals surface area (Å²) < 4.78 is 5.57. The van der Waals surface area contributed by atoms with E-state index in [1.54, 1.807) is 11.3 Å². The van der Waals surface area contributed by atoms with Crippen LogP contribution in [0.25, 0.3) is 0 Å². The number of aryl methyl sites for hydroxylation is 1. The molecule has 1 amide bonds. The van der Waals surface area contributed by atoms with Crippen molar-refractivity contribution in [1.29, 1.82) is 0 Å². The summed E-state index contributed by atoms with van der Waals surface area (Å²) >= 11 is 1.66. The fourth-order valence-corrected chi connectivity index (χ4v) is 3.55. The largest absolute Gasteiger partial charge is 0.491 e. The molecule has 2 aromatic rings. The highest BCUT2D eigenvalue weighted by Gasteiger charge is 2.20. The van der Waals surface area contributed by atoms with Crippen molar-refractivity contribution < 1.29 is 9.53 Å². The van der Waals surface area contributed by atoms with Gasteiger partial charge in [0.25, 0.3) is 5.91 Å². The van der Waals surface area contributed by atoms with Gasteiger partial charge in [-0.15, -0.1) is 11.3 Å². The van der Waals surface area contributed by atoms with Gasteiger partial charge in [-0.2, -0.15) is 0 Å². The molecule has 0 fully saturated rings. The first-order chi connectivity index (χ1) is 10.2. The van der Waals surface area contributed by atoms with Crippen LogP contribution in [0.2, 0.25) is 0 Å². The molecule has 3 rings (SSSR count). The van der Waals surface area contributed by atoms with Gasteiger partial charge in [-0.3, -0.25) is 4.79 Å². The van der Waals surface area contributed by atoms with Gasteiger partial charge in [0.1, 0.15) is 12.4 Å². The summed E-state index contributed by atoms with van der Waals surface area (Å²) in [4.78, 5) is 13.2. The molecule has 1 aromatic carbocycles. The van der Waals surface area contributed by atoms with E-state index in [-0.39, 0.29) is 11.9 Å². The number of nitrogens with two attached hydrogens (primary N) is 1. The fraction of sp³-hybridized carbons (Fsp3) is 0.312. The van der Waals surface area contributed by atoms with Gasteiger partial charge >= 0.3 is 0 Å². The number of hydrogen-bond acceptors (Lipinski definition) is 4. The summed E-state index contributed by atoms with van der Waals surface area (Å²) in [5.74, 6) is 0.529. The topological polar surface area (TPSA) is 64.4 Å². The van der Waals surface area contributed by atoms with Crippen LogP contribution in [0.4, 0.5) is 0 Å². The molecule has 0 saturated carbocycles. The van der Waals surface area contributed by atoms with E-state index in [2.05, 4.69) is 23.7 Å². The molecule has 1 unspecified atom stereocenters. The maximum Gasteiger partial charge on any atom is 0.255 e. The Morgan fingerprint density at radius 1 is 1.43 bits per heavy atom. The SMILES string of the molecule is CCc1ccsc1C(N)c1ccc2c(c1)C(=O)NCCO2. The number of hydrogen-bond donors (Lipinski definition) is 2. The number of benzene rings is 1. The van der Waals surface area contributed by atoms with Gasteiger partial charge < -0.3 is 15.8 Å². The summed E-state index contributed by atoms with van der Waals surface area (Å²) in [6.07, 6.45) is 0.959. The summed E-state index contributed by atoms with van der Waals surface area (Å²) in [6, 6.07) is 7.54. The van der Waals surface area contributed by atoms with Crippen LogP contribution in [0, 0.1) is 0 Å². The van der Waals surface area contributed by atoms with E-state index in [9.17, 15) is 4.79 Å². The van der Waals surface area contributed by atoms with E-state index in [4.69, 9.17) is 10.5 Å².